The first-order valence-electron chi connectivity index (χ1n) is 8.64. The van der Waals surface area contributed by atoms with E-state index in [1.807, 2.05) is 0 Å². The maximum atomic E-state index is 12.9. The number of rotatable bonds is 6. The molecule has 8 nitrogen and oxygen atoms in total. The number of piperidine rings is 1. The van der Waals surface area contributed by atoms with Gasteiger partial charge < -0.3 is 15.0 Å². The van der Waals surface area contributed by atoms with Crippen LogP contribution in [0, 0.1) is 0 Å². The molecule has 2 aromatic heterocycles. The molecule has 1 fully saturated rings. The van der Waals surface area contributed by atoms with Crippen molar-refractivity contribution in [3.63, 3.8) is 0 Å². The molecule has 2 amide bonds. The Labute approximate surface area is 152 Å². The van der Waals surface area contributed by atoms with Crippen LogP contribution < -0.4 is 5.32 Å². The van der Waals surface area contributed by atoms with Gasteiger partial charge in [0.2, 0.25) is 5.91 Å². The molecule has 0 atom stereocenters. The van der Waals surface area contributed by atoms with Crippen LogP contribution in [0.2, 0.25) is 0 Å². The molecule has 0 aromatic carbocycles. The molecular formula is C18H23N5O3. The molecule has 0 radical (unpaired) electrons. The SMILES string of the molecule is COCCNC(=O)C1(n2cccn2)CCN(C(=O)c2ccncc2)CC1. The highest BCUT2D eigenvalue weighted by molar-refractivity contribution is 5.94. The van der Waals surface area contributed by atoms with Crippen molar-refractivity contribution in [2.24, 2.45) is 0 Å². The molecule has 0 spiro atoms. The largest absolute Gasteiger partial charge is 0.383 e. The quantitative estimate of drug-likeness (QED) is 0.768. The smallest absolute Gasteiger partial charge is 0.253 e. The van der Waals surface area contributed by atoms with Crippen LogP contribution in [-0.4, -0.2) is 64.8 Å². The lowest BCUT2D eigenvalue weighted by molar-refractivity contribution is -0.133. The normalized spacial score (nSPS) is 16.3. The first-order valence-corrected chi connectivity index (χ1v) is 8.64. The lowest BCUT2D eigenvalue weighted by Crippen LogP contribution is -2.56. The minimum Gasteiger partial charge on any atom is -0.383 e. The van der Waals surface area contributed by atoms with E-state index in [0.29, 0.717) is 44.6 Å². The number of nitrogens with zero attached hydrogens (tertiary/aromatic N) is 4. The van der Waals surface area contributed by atoms with E-state index in [2.05, 4.69) is 15.4 Å². The van der Waals surface area contributed by atoms with Gasteiger partial charge in [0.25, 0.3) is 5.91 Å². The van der Waals surface area contributed by atoms with E-state index < -0.39 is 5.54 Å². The molecule has 0 aliphatic carbocycles. The van der Waals surface area contributed by atoms with Crippen molar-refractivity contribution in [3.05, 3.63) is 48.5 Å². The molecule has 3 rings (SSSR count). The number of hydrogen-bond donors (Lipinski definition) is 1. The van der Waals surface area contributed by atoms with Crippen LogP contribution in [0.1, 0.15) is 23.2 Å². The Morgan fingerprint density at radius 1 is 1.23 bits per heavy atom. The van der Waals surface area contributed by atoms with Crippen molar-refractivity contribution in [1.82, 2.24) is 25.0 Å². The fourth-order valence-corrected chi connectivity index (χ4v) is 3.27. The van der Waals surface area contributed by atoms with Gasteiger partial charge in [0.1, 0.15) is 5.54 Å². The highest BCUT2D eigenvalue weighted by Crippen LogP contribution is 2.30. The lowest BCUT2D eigenvalue weighted by Gasteiger charge is -2.40. The van der Waals surface area contributed by atoms with Gasteiger partial charge in [-0.3, -0.25) is 19.3 Å². The fourth-order valence-electron chi connectivity index (χ4n) is 3.27. The molecule has 1 aliphatic heterocycles. The first kappa shape index (κ1) is 18.1. The van der Waals surface area contributed by atoms with Gasteiger partial charge in [0, 0.05) is 57.1 Å². The molecular weight excluding hydrogens is 334 g/mol. The molecule has 8 heteroatoms. The summed E-state index contributed by atoms with van der Waals surface area (Å²) in [5.41, 5.74) is -0.178. The second kappa shape index (κ2) is 8.09. The molecule has 0 unspecified atom stereocenters. The summed E-state index contributed by atoms with van der Waals surface area (Å²) < 4.78 is 6.72. The lowest BCUT2D eigenvalue weighted by atomic mass is 9.86. The Hall–Kier alpha value is -2.74. The fraction of sp³-hybridized carbons (Fsp3) is 0.444. The number of carbonyl (C=O) groups excluding carboxylic acids is 2. The molecule has 3 heterocycles. The zero-order valence-corrected chi connectivity index (χ0v) is 14.8. The van der Waals surface area contributed by atoms with Crippen LogP contribution in [0.25, 0.3) is 0 Å². The third kappa shape index (κ3) is 3.60. The van der Waals surface area contributed by atoms with E-state index in [9.17, 15) is 9.59 Å². The van der Waals surface area contributed by atoms with Gasteiger partial charge in [-0.1, -0.05) is 0 Å². The van der Waals surface area contributed by atoms with E-state index in [1.165, 1.54) is 0 Å². The van der Waals surface area contributed by atoms with Gasteiger partial charge in [-0.05, 0) is 31.0 Å². The maximum absolute atomic E-state index is 12.9. The second-order valence-electron chi connectivity index (χ2n) is 6.26. The third-order valence-corrected chi connectivity index (χ3v) is 4.76. The number of carbonyl (C=O) groups is 2. The van der Waals surface area contributed by atoms with E-state index in [-0.39, 0.29) is 11.8 Å². The minimum atomic E-state index is -0.785. The van der Waals surface area contributed by atoms with Crippen molar-refractivity contribution in [2.75, 3.05) is 33.4 Å². The molecule has 0 bridgehead atoms. The van der Waals surface area contributed by atoms with Gasteiger partial charge in [-0.25, -0.2) is 0 Å². The predicted molar refractivity (Wildman–Crippen MR) is 94.5 cm³/mol. The van der Waals surface area contributed by atoms with Crippen LogP contribution in [0.4, 0.5) is 0 Å². The average Bonchev–Trinajstić information content (AvgIpc) is 3.23. The molecule has 1 aliphatic rings. The zero-order valence-electron chi connectivity index (χ0n) is 14.8. The van der Waals surface area contributed by atoms with Gasteiger partial charge in [0.15, 0.2) is 0 Å². The predicted octanol–water partition coefficient (Wildman–Crippen LogP) is 0.672. The summed E-state index contributed by atoms with van der Waals surface area (Å²) in [4.78, 5) is 31.3. The van der Waals surface area contributed by atoms with E-state index in [0.717, 1.165) is 0 Å². The Morgan fingerprint density at radius 2 is 1.96 bits per heavy atom. The van der Waals surface area contributed by atoms with Crippen LogP contribution in [0.3, 0.4) is 0 Å². The zero-order chi connectivity index (χ0) is 18.4. The number of aromatic nitrogens is 3. The maximum Gasteiger partial charge on any atom is 0.253 e. The van der Waals surface area contributed by atoms with Crippen LogP contribution >= 0.6 is 0 Å². The summed E-state index contributed by atoms with van der Waals surface area (Å²) in [7, 11) is 1.60. The van der Waals surface area contributed by atoms with Gasteiger partial charge in [-0.15, -0.1) is 0 Å². The Kier molecular flexibility index (Phi) is 5.62. The van der Waals surface area contributed by atoms with Gasteiger partial charge in [-0.2, -0.15) is 5.10 Å². The number of pyridine rings is 1. The first-order chi connectivity index (χ1) is 12.7. The minimum absolute atomic E-state index is 0.0405. The highest BCUT2D eigenvalue weighted by Gasteiger charge is 2.44. The Morgan fingerprint density at radius 3 is 2.58 bits per heavy atom. The number of amides is 2. The Balaban J connectivity index is 1.73. The van der Waals surface area contributed by atoms with Gasteiger partial charge in [0.05, 0.1) is 6.61 Å². The summed E-state index contributed by atoms with van der Waals surface area (Å²) in [5.74, 6) is -0.129. The Bertz CT molecular complexity index is 725. The number of nitrogens with one attached hydrogen (secondary N) is 1. The monoisotopic (exact) mass is 357 g/mol. The molecule has 1 saturated heterocycles. The number of methoxy groups -OCH3 is 1. The van der Waals surface area contributed by atoms with Crippen molar-refractivity contribution >= 4 is 11.8 Å². The molecule has 1 N–H and O–H groups in total. The number of hydrogen-bond acceptors (Lipinski definition) is 5. The third-order valence-electron chi connectivity index (χ3n) is 4.76. The summed E-state index contributed by atoms with van der Waals surface area (Å²) >= 11 is 0. The van der Waals surface area contributed by atoms with Crippen LogP contribution in [0.5, 0.6) is 0 Å². The number of likely N-dealkylation sites (tertiary alicyclic amines) is 1. The number of ether oxygens (including phenoxy) is 1. The van der Waals surface area contributed by atoms with Crippen molar-refractivity contribution < 1.29 is 14.3 Å². The summed E-state index contributed by atoms with van der Waals surface area (Å²) in [6.07, 6.45) is 7.69. The van der Waals surface area contributed by atoms with E-state index in [4.69, 9.17) is 4.74 Å². The van der Waals surface area contributed by atoms with Crippen LogP contribution in [-0.2, 0) is 15.1 Å². The topological polar surface area (TPSA) is 89.4 Å². The molecule has 138 valence electrons. The van der Waals surface area contributed by atoms with E-state index >= 15 is 0 Å². The standard InChI is InChI=1S/C18H23N5O3/c1-26-14-10-20-17(25)18(23-11-2-7-21-23)5-12-22(13-6-18)16(24)15-3-8-19-9-4-15/h2-4,7-9,11H,5-6,10,12-14H2,1H3,(H,20,25). The summed E-state index contributed by atoms with van der Waals surface area (Å²) in [6, 6.07) is 5.21. The average molecular weight is 357 g/mol. The second-order valence-corrected chi connectivity index (χ2v) is 6.26. The molecule has 0 saturated carbocycles. The van der Waals surface area contributed by atoms with Gasteiger partial charge >= 0.3 is 0 Å². The van der Waals surface area contributed by atoms with Crippen molar-refractivity contribution in [2.45, 2.75) is 18.4 Å². The van der Waals surface area contributed by atoms with Crippen molar-refractivity contribution in [1.29, 1.82) is 0 Å². The summed E-state index contributed by atoms with van der Waals surface area (Å²) in [6.45, 7) is 1.86. The molecule has 2 aromatic rings. The summed E-state index contributed by atoms with van der Waals surface area (Å²) in [5, 5.41) is 7.22. The highest BCUT2D eigenvalue weighted by atomic mass is 16.5. The van der Waals surface area contributed by atoms with Crippen molar-refractivity contribution in [3.8, 4) is 0 Å². The van der Waals surface area contributed by atoms with E-state index in [1.54, 1.807) is 59.7 Å². The molecule has 26 heavy (non-hydrogen) atoms. The van der Waals surface area contributed by atoms with Crippen LogP contribution in [0.15, 0.2) is 43.0 Å².